The van der Waals surface area contributed by atoms with Crippen molar-refractivity contribution in [1.29, 1.82) is 0 Å². The lowest BCUT2D eigenvalue weighted by Gasteiger charge is -2.12. The van der Waals surface area contributed by atoms with E-state index in [0.717, 1.165) is 0 Å². The summed E-state index contributed by atoms with van der Waals surface area (Å²) in [6.07, 6.45) is 0. The van der Waals surface area contributed by atoms with E-state index in [9.17, 15) is 14.9 Å². The van der Waals surface area contributed by atoms with E-state index in [1.165, 1.54) is 20.1 Å². The Labute approximate surface area is 161 Å². The van der Waals surface area contributed by atoms with E-state index in [1.807, 2.05) is 6.07 Å². The van der Waals surface area contributed by atoms with E-state index in [1.54, 1.807) is 48.5 Å². The third-order valence-electron chi connectivity index (χ3n) is 3.90. The highest BCUT2D eigenvalue weighted by Crippen LogP contribution is 2.32. The van der Waals surface area contributed by atoms with Gasteiger partial charge in [0.2, 0.25) is 5.91 Å². The first-order chi connectivity index (χ1) is 13.5. The number of carbonyl (C=O) groups excluding carboxylic acids is 1. The van der Waals surface area contributed by atoms with Crippen molar-refractivity contribution >= 4 is 28.8 Å². The molecule has 0 aliphatic carbocycles. The molecule has 0 saturated carbocycles. The van der Waals surface area contributed by atoms with Crippen molar-refractivity contribution in [3.05, 3.63) is 70.8 Å². The molecule has 142 valence electrons. The number of pyridine rings is 1. The summed E-state index contributed by atoms with van der Waals surface area (Å²) >= 11 is 0. The quantitative estimate of drug-likeness (QED) is 0.487. The van der Waals surface area contributed by atoms with Crippen LogP contribution in [0.15, 0.2) is 60.7 Å². The molecule has 2 aromatic carbocycles. The molecule has 0 aliphatic heterocycles. The lowest BCUT2D eigenvalue weighted by molar-refractivity contribution is -0.384. The van der Waals surface area contributed by atoms with Crippen molar-refractivity contribution in [2.24, 2.45) is 0 Å². The molecule has 28 heavy (non-hydrogen) atoms. The molecule has 0 bridgehead atoms. The van der Waals surface area contributed by atoms with Gasteiger partial charge in [-0.1, -0.05) is 30.3 Å². The standard InChI is InChI=1S/C20H18N4O4/c1-13(25)21-16-9-8-15(12-18(16)28-2)22-19-11-10-17(24(26)27)20(23-19)14-6-4-3-5-7-14/h3-12H,1-2H3,(H,21,25)(H,22,23). The summed E-state index contributed by atoms with van der Waals surface area (Å²) in [7, 11) is 1.50. The number of methoxy groups -OCH3 is 1. The predicted octanol–water partition coefficient (Wildman–Crippen LogP) is 4.37. The lowest BCUT2D eigenvalue weighted by atomic mass is 10.1. The number of amides is 1. The van der Waals surface area contributed by atoms with Crippen LogP contribution in [-0.4, -0.2) is 22.9 Å². The number of carbonyl (C=O) groups is 1. The number of nitrogens with one attached hydrogen (secondary N) is 2. The Bertz CT molecular complexity index is 1020. The molecule has 0 aliphatic rings. The molecule has 3 aromatic rings. The van der Waals surface area contributed by atoms with E-state index in [0.29, 0.717) is 28.5 Å². The summed E-state index contributed by atoms with van der Waals surface area (Å²) in [6, 6.07) is 17.1. The Morgan fingerprint density at radius 1 is 1.11 bits per heavy atom. The third-order valence-corrected chi connectivity index (χ3v) is 3.90. The Hall–Kier alpha value is -3.94. The van der Waals surface area contributed by atoms with Crippen molar-refractivity contribution in [2.45, 2.75) is 6.92 Å². The van der Waals surface area contributed by atoms with Gasteiger partial charge in [0, 0.05) is 30.3 Å². The molecule has 0 saturated heterocycles. The SMILES string of the molecule is COc1cc(Nc2ccc([N+](=O)[O-])c(-c3ccccc3)n2)ccc1NC(C)=O. The summed E-state index contributed by atoms with van der Waals surface area (Å²) in [5.41, 5.74) is 2.05. The molecule has 0 fully saturated rings. The van der Waals surface area contributed by atoms with Crippen molar-refractivity contribution in [3.63, 3.8) is 0 Å². The maximum absolute atomic E-state index is 11.4. The number of nitro groups is 1. The van der Waals surface area contributed by atoms with E-state index in [2.05, 4.69) is 15.6 Å². The van der Waals surface area contributed by atoms with Gasteiger partial charge < -0.3 is 15.4 Å². The first kappa shape index (κ1) is 18.8. The zero-order valence-electron chi connectivity index (χ0n) is 15.3. The van der Waals surface area contributed by atoms with E-state index in [4.69, 9.17) is 4.74 Å². The summed E-state index contributed by atoms with van der Waals surface area (Å²) in [5, 5.41) is 17.2. The highest BCUT2D eigenvalue weighted by Gasteiger charge is 2.18. The number of hydrogen-bond donors (Lipinski definition) is 2. The zero-order chi connectivity index (χ0) is 20.1. The normalized spacial score (nSPS) is 10.2. The van der Waals surface area contributed by atoms with Crippen LogP contribution in [-0.2, 0) is 4.79 Å². The molecule has 1 heterocycles. The second-order valence-electron chi connectivity index (χ2n) is 5.91. The monoisotopic (exact) mass is 378 g/mol. The van der Waals surface area contributed by atoms with Crippen LogP contribution in [0.5, 0.6) is 5.75 Å². The summed E-state index contributed by atoms with van der Waals surface area (Å²) in [6.45, 7) is 1.41. The van der Waals surface area contributed by atoms with Crippen LogP contribution in [0.2, 0.25) is 0 Å². The molecule has 3 rings (SSSR count). The molecular formula is C20H18N4O4. The zero-order valence-corrected chi connectivity index (χ0v) is 15.3. The third kappa shape index (κ3) is 4.24. The van der Waals surface area contributed by atoms with Crippen molar-refractivity contribution < 1.29 is 14.5 Å². The molecule has 0 spiro atoms. The molecule has 8 nitrogen and oxygen atoms in total. The highest BCUT2D eigenvalue weighted by atomic mass is 16.6. The molecule has 0 unspecified atom stereocenters. The summed E-state index contributed by atoms with van der Waals surface area (Å²) in [5.74, 6) is 0.715. The number of rotatable bonds is 6. The van der Waals surface area contributed by atoms with Gasteiger partial charge in [-0.05, 0) is 18.2 Å². The van der Waals surface area contributed by atoms with Crippen LogP contribution in [0.25, 0.3) is 11.3 Å². The van der Waals surface area contributed by atoms with Gasteiger partial charge in [0.25, 0.3) is 5.69 Å². The van der Waals surface area contributed by atoms with Crippen molar-refractivity contribution in [2.75, 3.05) is 17.7 Å². The van der Waals surface area contributed by atoms with E-state index in [-0.39, 0.29) is 17.3 Å². The average Bonchev–Trinajstić information content (AvgIpc) is 2.69. The number of hydrogen-bond acceptors (Lipinski definition) is 6. The van der Waals surface area contributed by atoms with Gasteiger partial charge in [0.1, 0.15) is 11.6 Å². The Morgan fingerprint density at radius 3 is 2.50 bits per heavy atom. The fourth-order valence-corrected chi connectivity index (χ4v) is 2.69. The molecule has 2 N–H and O–H groups in total. The number of benzene rings is 2. The van der Waals surface area contributed by atoms with Crippen LogP contribution in [0.4, 0.5) is 22.9 Å². The minimum atomic E-state index is -0.454. The first-order valence-electron chi connectivity index (χ1n) is 8.41. The van der Waals surface area contributed by atoms with Crippen molar-refractivity contribution in [3.8, 4) is 17.0 Å². The predicted molar refractivity (Wildman–Crippen MR) is 107 cm³/mol. The van der Waals surface area contributed by atoms with Gasteiger partial charge in [0.15, 0.2) is 5.69 Å². The molecule has 0 atom stereocenters. The van der Waals surface area contributed by atoms with E-state index < -0.39 is 4.92 Å². The van der Waals surface area contributed by atoms with Gasteiger partial charge in [0.05, 0.1) is 17.7 Å². The highest BCUT2D eigenvalue weighted by molar-refractivity contribution is 5.91. The number of anilines is 3. The molecule has 8 heteroatoms. The number of ether oxygens (including phenoxy) is 1. The molecule has 0 radical (unpaired) electrons. The van der Waals surface area contributed by atoms with E-state index >= 15 is 0 Å². The maximum atomic E-state index is 11.4. The number of nitrogens with zero attached hydrogens (tertiary/aromatic N) is 2. The maximum Gasteiger partial charge on any atom is 0.295 e. The topological polar surface area (TPSA) is 106 Å². The molecule has 1 aromatic heterocycles. The smallest absolute Gasteiger partial charge is 0.295 e. The van der Waals surface area contributed by atoms with Crippen LogP contribution in [0.3, 0.4) is 0 Å². The van der Waals surface area contributed by atoms with Gasteiger partial charge in [-0.15, -0.1) is 0 Å². The largest absolute Gasteiger partial charge is 0.494 e. The Morgan fingerprint density at radius 2 is 1.86 bits per heavy atom. The summed E-state index contributed by atoms with van der Waals surface area (Å²) < 4.78 is 5.30. The van der Waals surface area contributed by atoms with Gasteiger partial charge in [-0.3, -0.25) is 14.9 Å². The van der Waals surface area contributed by atoms with Crippen LogP contribution in [0.1, 0.15) is 6.92 Å². The second-order valence-corrected chi connectivity index (χ2v) is 5.91. The van der Waals surface area contributed by atoms with Gasteiger partial charge in [-0.2, -0.15) is 0 Å². The number of aromatic nitrogens is 1. The Kier molecular flexibility index (Phi) is 5.50. The lowest BCUT2D eigenvalue weighted by Crippen LogP contribution is -2.07. The minimum absolute atomic E-state index is 0.0738. The van der Waals surface area contributed by atoms with Crippen LogP contribution >= 0.6 is 0 Å². The van der Waals surface area contributed by atoms with Crippen LogP contribution < -0.4 is 15.4 Å². The first-order valence-corrected chi connectivity index (χ1v) is 8.41. The minimum Gasteiger partial charge on any atom is -0.494 e. The van der Waals surface area contributed by atoms with Crippen LogP contribution in [0, 0.1) is 10.1 Å². The van der Waals surface area contributed by atoms with Gasteiger partial charge in [-0.25, -0.2) is 4.98 Å². The second kappa shape index (κ2) is 8.17. The fourth-order valence-electron chi connectivity index (χ4n) is 2.69. The molecular weight excluding hydrogens is 360 g/mol. The molecule has 1 amide bonds. The van der Waals surface area contributed by atoms with Gasteiger partial charge >= 0.3 is 0 Å². The summed E-state index contributed by atoms with van der Waals surface area (Å²) in [4.78, 5) is 26.6. The fraction of sp³-hybridized carbons (Fsp3) is 0.100. The van der Waals surface area contributed by atoms with Crippen molar-refractivity contribution in [1.82, 2.24) is 4.98 Å². The average molecular weight is 378 g/mol. The Balaban J connectivity index is 1.95.